The first-order valence-electron chi connectivity index (χ1n) is 3.22. The fraction of sp³-hybridized carbons (Fsp3) is 0. The predicted molar refractivity (Wildman–Crippen MR) is 45.2 cm³/mol. The van der Waals surface area contributed by atoms with E-state index in [2.05, 4.69) is 0 Å². The zero-order valence-electron chi connectivity index (χ0n) is 7.10. The maximum absolute atomic E-state index is 10.3. The van der Waals surface area contributed by atoms with Gasteiger partial charge in [-0.05, 0) is 12.1 Å². The molecule has 0 amide bonds. The molecule has 1 rings (SSSR count). The van der Waals surface area contributed by atoms with E-state index in [0.29, 0.717) is 5.56 Å². The Bertz CT molecular complexity index is 344. The summed E-state index contributed by atoms with van der Waals surface area (Å²) in [7, 11) is 0. The van der Waals surface area contributed by atoms with Crippen LogP contribution in [0.2, 0.25) is 0 Å². The molecule has 0 saturated heterocycles. The van der Waals surface area contributed by atoms with Crippen molar-refractivity contribution in [1.29, 1.82) is 0 Å². The van der Waals surface area contributed by atoms with E-state index in [1.54, 1.807) is 18.2 Å². The molecule has 0 aliphatic heterocycles. The third-order valence-corrected chi connectivity index (χ3v) is 1.34. The van der Waals surface area contributed by atoms with Crippen molar-refractivity contribution in [1.82, 2.24) is 0 Å². The molecule has 1 aromatic rings. The van der Waals surface area contributed by atoms with Gasteiger partial charge in [0, 0.05) is 0 Å². The summed E-state index contributed by atoms with van der Waals surface area (Å²) in [6.07, 6.45) is 0. The van der Waals surface area contributed by atoms with Crippen LogP contribution in [0.15, 0.2) is 30.3 Å². The van der Waals surface area contributed by atoms with Crippen LogP contribution in [0.5, 0.6) is 0 Å². The van der Waals surface area contributed by atoms with Gasteiger partial charge < -0.3 is 5.41 Å². The van der Waals surface area contributed by atoms with Crippen molar-refractivity contribution >= 4 is 11.6 Å². The number of nitro groups is 1. The van der Waals surface area contributed by atoms with Crippen LogP contribution in [-0.2, 0) is 0 Å². The van der Waals surface area contributed by atoms with Gasteiger partial charge >= 0.3 is 51.4 Å². The fourth-order valence-corrected chi connectivity index (χ4v) is 0.807. The van der Waals surface area contributed by atoms with Crippen LogP contribution in [0, 0.1) is 10.1 Å². The van der Waals surface area contributed by atoms with Crippen molar-refractivity contribution in [3.8, 4) is 0 Å². The molecular weight excluding hydrogens is 195 g/mol. The number of benzene rings is 1. The van der Waals surface area contributed by atoms with Gasteiger partial charge in [-0.2, -0.15) is 5.87 Å². The van der Waals surface area contributed by atoms with Gasteiger partial charge in [0.2, 0.25) is 0 Å². The summed E-state index contributed by atoms with van der Waals surface area (Å²) in [4.78, 5) is 9.59. The molecular formula is C8H5KN2O2. The molecule has 1 aromatic carbocycles. The molecule has 13 heavy (non-hydrogen) atoms. The minimum absolute atomic E-state index is 0. The fourth-order valence-electron chi connectivity index (χ4n) is 0.807. The third-order valence-electron chi connectivity index (χ3n) is 1.34. The molecule has 0 bridgehead atoms. The van der Waals surface area contributed by atoms with Crippen LogP contribution in [0.25, 0.3) is 11.1 Å². The molecule has 0 saturated carbocycles. The number of rotatable bonds is 2. The van der Waals surface area contributed by atoms with Gasteiger partial charge in [-0.25, -0.2) is 0 Å². The number of nitrogens with zero attached hydrogens (tertiary/aromatic N) is 2. The molecule has 60 valence electrons. The van der Waals surface area contributed by atoms with Crippen molar-refractivity contribution < 1.29 is 56.3 Å². The van der Waals surface area contributed by atoms with Crippen LogP contribution in [0.4, 0.5) is 0 Å². The Labute approximate surface area is 118 Å². The Morgan fingerprint density at radius 1 is 1.38 bits per heavy atom. The van der Waals surface area contributed by atoms with E-state index < -0.39 is 10.6 Å². The summed E-state index contributed by atoms with van der Waals surface area (Å²) in [5.74, 6) is 1.54. The summed E-state index contributed by atoms with van der Waals surface area (Å²) in [5.41, 5.74) is -0.0828. The van der Waals surface area contributed by atoms with Gasteiger partial charge in [0.25, 0.3) is 5.70 Å². The molecule has 0 aliphatic carbocycles. The van der Waals surface area contributed by atoms with Crippen LogP contribution in [0.1, 0.15) is 5.56 Å². The minimum Gasteiger partial charge on any atom is -0.757 e. The van der Waals surface area contributed by atoms with Gasteiger partial charge in [-0.15, -0.1) is 0 Å². The van der Waals surface area contributed by atoms with Gasteiger partial charge in [-0.3, -0.25) is 10.1 Å². The summed E-state index contributed by atoms with van der Waals surface area (Å²) in [6.45, 7) is 0. The van der Waals surface area contributed by atoms with Gasteiger partial charge in [-0.1, -0.05) is 18.2 Å². The molecule has 0 radical (unpaired) electrons. The van der Waals surface area contributed by atoms with E-state index in [0.717, 1.165) is 0 Å². The van der Waals surface area contributed by atoms with Crippen molar-refractivity contribution in [3.63, 3.8) is 0 Å². The number of hydrogen-bond acceptors (Lipinski definition) is 2. The molecule has 0 unspecified atom stereocenters. The Morgan fingerprint density at radius 3 is 2.31 bits per heavy atom. The second-order valence-electron chi connectivity index (χ2n) is 2.08. The Kier molecular flexibility index (Phi) is 6.06. The van der Waals surface area contributed by atoms with Crippen LogP contribution < -0.4 is 51.4 Å². The third kappa shape index (κ3) is 3.52. The van der Waals surface area contributed by atoms with Crippen molar-refractivity contribution in [2.24, 2.45) is 0 Å². The van der Waals surface area contributed by atoms with Gasteiger partial charge in [0.1, 0.15) is 0 Å². The average molecular weight is 200 g/mol. The topological polar surface area (TPSA) is 65.4 Å². The summed E-state index contributed by atoms with van der Waals surface area (Å²) in [5, 5.41) is 18.7. The normalized spacial score (nSPS) is 8.00. The van der Waals surface area contributed by atoms with E-state index in [9.17, 15) is 10.1 Å². The molecule has 5 heteroatoms. The van der Waals surface area contributed by atoms with Crippen LogP contribution >= 0.6 is 0 Å². The molecule has 0 fully saturated rings. The summed E-state index contributed by atoms with van der Waals surface area (Å²) < 4.78 is 0. The van der Waals surface area contributed by atoms with Gasteiger partial charge in [0.05, 0.1) is 10.5 Å². The standard InChI is InChI=1S/C8H5N2O2.K/c9-6-8(10(11)12)7-4-2-1-3-5-7;/h1-5H;/q-1;+1. The van der Waals surface area contributed by atoms with Crippen molar-refractivity contribution in [3.05, 3.63) is 51.4 Å². The Morgan fingerprint density at radius 2 is 1.92 bits per heavy atom. The molecule has 4 nitrogen and oxygen atoms in total. The second kappa shape index (κ2) is 6.20. The smallest absolute Gasteiger partial charge is 0.757 e. The van der Waals surface area contributed by atoms with E-state index >= 15 is 0 Å². The minimum atomic E-state index is -0.685. The Balaban J connectivity index is 0.00000144. The summed E-state index contributed by atoms with van der Waals surface area (Å²) in [6, 6.07) is 8.09. The van der Waals surface area contributed by atoms with Crippen molar-refractivity contribution in [2.75, 3.05) is 0 Å². The maximum Gasteiger partial charge on any atom is 1.00 e. The number of hydrogen-bond donors (Lipinski definition) is 0. The molecule has 0 aromatic heterocycles. The van der Waals surface area contributed by atoms with E-state index in [1.807, 2.05) is 0 Å². The SMILES string of the molecule is [K+].[N-]=C=C(c1ccccc1)[N+](=O)[O-]. The largest absolute Gasteiger partial charge is 1.00 e. The Hall–Kier alpha value is -0.294. The predicted octanol–water partition coefficient (Wildman–Crippen LogP) is -1.45. The van der Waals surface area contributed by atoms with Crippen LogP contribution in [-0.4, -0.2) is 10.8 Å². The monoisotopic (exact) mass is 200 g/mol. The summed E-state index contributed by atoms with van der Waals surface area (Å²) >= 11 is 0. The molecule has 0 heterocycles. The zero-order valence-corrected chi connectivity index (χ0v) is 10.2. The van der Waals surface area contributed by atoms with Gasteiger partial charge in [0.15, 0.2) is 0 Å². The first-order valence-corrected chi connectivity index (χ1v) is 3.22. The van der Waals surface area contributed by atoms with E-state index in [1.165, 1.54) is 18.0 Å². The van der Waals surface area contributed by atoms with Crippen molar-refractivity contribution in [2.45, 2.75) is 0 Å². The van der Waals surface area contributed by atoms with Crippen LogP contribution in [0.3, 0.4) is 0 Å². The van der Waals surface area contributed by atoms with E-state index in [4.69, 9.17) is 5.41 Å². The quantitative estimate of drug-likeness (QED) is 0.254. The second-order valence-corrected chi connectivity index (χ2v) is 2.08. The first-order chi connectivity index (χ1) is 5.75. The zero-order chi connectivity index (χ0) is 8.97. The average Bonchev–Trinajstić information content (AvgIpc) is 2.07. The molecule has 0 aliphatic rings. The molecule has 0 N–H and O–H groups in total. The maximum atomic E-state index is 10.3. The molecule has 0 atom stereocenters. The van der Waals surface area contributed by atoms with E-state index in [-0.39, 0.29) is 51.4 Å². The first kappa shape index (κ1) is 12.7. The molecule has 0 spiro atoms.